The molecule has 0 radical (unpaired) electrons. The largest absolute Gasteiger partial charge is 0.494 e. The molecule has 0 spiro atoms. The first-order valence-electron chi connectivity index (χ1n) is 6.75. The van der Waals surface area contributed by atoms with Gasteiger partial charge >= 0.3 is 0 Å². The van der Waals surface area contributed by atoms with Gasteiger partial charge in [-0.2, -0.15) is 5.10 Å². The highest BCUT2D eigenvalue weighted by atomic mass is 35.5. The molecule has 2 rings (SSSR count). The summed E-state index contributed by atoms with van der Waals surface area (Å²) in [6.45, 7) is 4.31. The Morgan fingerprint density at radius 2 is 2.05 bits per heavy atom. The van der Waals surface area contributed by atoms with Crippen molar-refractivity contribution in [1.29, 1.82) is 0 Å². The summed E-state index contributed by atoms with van der Waals surface area (Å²) < 4.78 is 7.33. The van der Waals surface area contributed by atoms with Gasteiger partial charge in [-0.1, -0.05) is 29.8 Å². The molecule has 0 atom stereocenters. The molecule has 5 heteroatoms. The molecule has 1 aromatic carbocycles. The van der Waals surface area contributed by atoms with Gasteiger partial charge in [0, 0.05) is 19.2 Å². The fraction of sp³-hybridized carbons (Fsp3) is 0.400. The molecule has 0 amide bonds. The molecule has 1 N–H and O–H groups in total. The van der Waals surface area contributed by atoms with Gasteiger partial charge in [-0.05, 0) is 32.0 Å². The molecule has 0 aliphatic rings. The number of nitrogens with zero attached hydrogens (tertiary/aromatic N) is 2. The van der Waals surface area contributed by atoms with E-state index in [0.29, 0.717) is 11.8 Å². The standard InChI is InChI=1S/C15H20ClN3O/c1-12-14(15(16)19(2)18-12)11-17-9-6-10-20-13-7-4-3-5-8-13/h3-5,7-8,17H,6,9-11H2,1-2H3. The summed E-state index contributed by atoms with van der Waals surface area (Å²) in [6.07, 6.45) is 0.950. The van der Waals surface area contributed by atoms with E-state index >= 15 is 0 Å². The van der Waals surface area contributed by atoms with Crippen LogP contribution in [0, 0.1) is 6.92 Å². The van der Waals surface area contributed by atoms with Crippen LogP contribution in [0.5, 0.6) is 5.75 Å². The van der Waals surface area contributed by atoms with Crippen molar-refractivity contribution in [1.82, 2.24) is 15.1 Å². The SMILES string of the molecule is Cc1nn(C)c(Cl)c1CNCCCOc1ccccc1. The van der Waals surface area contributed by atoms with Crippen molar-refractivity contribution in [3.8, 4) is 5.75 Å². The Bertz CT molecular complexity index is 540. The molecule has 4 nitrogen and oxygen atoms in total. The molecule has 108 valence electrons. The van der Waals surface area contributed by atoms with Gasteiger partial charge in [0.15, 0.2) is 0 Å². The second-order valence-electron chi connectivity index (χ2n) is 4.67. The van der Waals surface area contributed by atoms with E-state index in [-0.39, 0.29) is 0 Å². The monoisotopic (exact) mass is 293 g/mol. The Hall–Kier alpha value is -1.52. The van der Waals surface area contributed by atoms with Crippen molar-refractivity contribution in [2.45, 2.75) is 19.9 Å². The highest BCUT2D eigenvalue weighted by Crippen LogP contribution is 2.17. The average molecular weight is 294 g/mol. The normalized spacial score (nSPS) is 10.8. The van der Waals surface area contributed by atoms with E-state index in [1.807, 2.05) is 44.3 Å². The molecule has 0 bridgehead atoms. The van der Waals surface area contributed by atoms with Gasteiger partial charge in [0.1, 0.15) is 10.9 Å². The van der Waals surface area contributed by atoms with Crippen molar-refractivity contribution in [2.75, 3.05) is 13.2 Å². The maximum atomic E-state index is 6.17. The number of nitrogens with one attached hydrogen (secondary N) is 1. The lowest BCUT2D eigenvalue weighted by Gasteiger charge is -2.07. The lowest BCUT2D eigenvalue weighted by Crippen LogP contribution is -2.17. The molecule has 2 aromatic rings. The minimum atomic E-state index is 0.704. The third-order valence-electron chi connectivity index (χ3n) is 3.08. The summed E-state index contributed by atoms with van der Waals surface area (Å²) in [6, 6.07) is 9.86. The van der Waals surface area contributed by atoms with Crippen LogP contribution >= 0.6 is 11.6 Å². The van der Waals surface area contributed by atoms with Crippen LogP contribution < -0.4 is 10.1 Å². The summed E-state index contributed by atoms with van der Waals surface area (Å²) in [7, 11) is 1.85. The summed E-state index contributed by atoms with van der Waals surface area (Å²) in [4.78, 5) is 0. The molecule has 0 aliphatic carbocycles. The van der Waals surface area contributed by atoms with Gasteiger partial charge in [-0.3, -0.25) is 4.68 Å². The summed E-state index contributed by atoms with van der Waals surface area (Å²) in [5, 5.41) is 8.35. The van der Waals surface area contributed by atoms with Gasteiger partial charge in [0.25, 0.3) is 0 Å². The highest BCUT2D eigenvalue weighted by Gasteiger charge is 2.09. The van der Waals surface area contributed by atoms with E-state index < -0.39 is 0 Å². The van der Waals surface area contributed by atoms with E-state index in [4.69, 9.17) is 16.3 Å². The van der Waals surface area contributed by atoms with Gasteiger partial charge in [0.2, 0.25) is 0 Å². The first-order valence-corrected chi connectivity index (χ1v) is 7.13. The van der Waals surface area contributed by atoms with Gasteiger partial charge in [-0.25, -0.2) is 0 Å². The molecule has 0 fully saturated rings. The number of halogens is 1. The van der Waals surface area contributed by atoms with Crippen LogP contribution in [0.1, 0.15) is 17.7 Å². The number of ether oxygens (including phenoxy) is 1. The van der Waals surface area contributed by atoms with Crippen molar-refractivity contribution in [2.24, 2.45) is 7.05 Å². The molecule has 1 heterocycles. The van der Waals surface area contributed by atoms with Crippen molar-refractivity contribution >= 4 is 11.6 Å². The van der Waals surface area contributed by atoms with Crippen LogP contribution in [0.4, 0.5) is 0 Å². The third kappa shape index (κ3) is 3.99. The fourth-order valence-electron chi connectivity index (χ4n) is 1.99. The molecule has 1 aromatic heterocycles. The number of hydrogen-bond donors (Lipinski definition) is 1. The van der Waals surface area contributed by atoms with E-state index in [0.717, 1.165) is 36.5 Å². The number of para-hydroxylation sites is 1. The maximum Gasteiger partial charge on any atom is 0.131 e. The zero-order valence-corrected chi connectivity index (χ0v) is 12.7. The summed E-state index contributed by atoms with van der Waals surface area (Å²) in [5.74, 6) is 0.915. The van der Waals surface area contributed by atoms with E-state index in [1.54, 1.807) is 4.68 Å². The predicted octanol–water partition coefficient (Wildman–Crippen LogP) is 2.94. The molecular weight excluding hydrogens is 274 g/mol. The predicted molar refractivity (Wildman–Crippen MR) is 81.2 cm³/mol. The van der Waals surface area contributed by atoms with Crippen LogP contribution in [0.25, 0.3) is 0 Å². The lowest BCUT2D eigenvalue weighted by atomic mass is 10.2. The van der Waals surface area contributed by atoms with E-state index in [9.17, 15) is 0 Å². The number of aromatic nitrogens is 2. The van der Waals surface area contributed by atoms with Crippen molar-refractivity contribution in [3.63, 3.8) is 0 Å². The van der Waals surface area contributed by atoms with Crippen LogP contribution in [-0.2, 0) is 13.6 Å². The van der Waals surface area contributed by atoms with Gasteiger partial charge < -0.3 is 10.1 Å². The Kier molecular flexibility index (Phi) is 5.44. The Balaban J connectivity index is 1.64. The molecule has 0 saturated carbocycles. The Labute approximate surface area is 124 Å². The number of rotatable bonds is 7. The molecule has 0 unspecified atom stereocenters. The molecular formula is C15H20ClN3O. The molecule has 20 heavy (non-hydrogen) atoms. The zero-order valence-electron chi connectivity index (χ0n) is 11.9. The first-order chi connectivity index (χ1) is 9.68. The smallest absolute Gasteiger partial charge is 0.131 e. The van der Waals surface area contributed by atoms with E-state index in [1.165, 1.54) is 0 Å². The minimum absolute atomic E-state index is 0.704. The number of aryl methyl sites for hydroxylation is 2. The van der Waals surface area contributed by atoms with Crippen LogP contribution in [0.3, 0.4) is 0 Å². The highest BCUT2D eigenvalue weighted by molar-refractivity contribution is 6.30. The number of benzene rings is 1. The summed E-state index contributed by atoms with van der Waals surface area (Å²) >= 11 is 6.17. The second-order valence-corrected chi connectivity index (χ2v) is 5.03. The minimum Gasteiger partial charge on any atom is -0.494 e. The zero-order chi connectivity index (χ0) is 14.4. The van der Waals surface area contributed by atoms with Crippen LogP contribution in [0.15, 0.2) is 30.3 Å². The van der Waals surface area contributed by atoms with Gasteiger partial charge in [-0.15, -0.1) is 0 Å². The average Bonchev–Trinajstić information content (AvgIpc) is 2.69. The first kappa shape index (κ1) is 14.9. The van der Waals surface area contributed by atoms with Crippen molar-refractivity contribution < 1.29 is 4.74 Å². The molecule has 0 saturated heterocycles. The van der Waals surface area contributed by atoms with Crippen LogP contribution in [0.2, 0.25) is 5.15 Å². The topological polar surface area (TPSA) is 39.1 Å². The van der Waals surface area contributed by atoms with Crippen LogP contribution in [-0.4, -0.2) is 22.9 Å². The Morgan fingerprint density at radius 1 is 1.30 bits per heavy atom. The second kappa shape index (κ2) is 7.31. The number of hydrogen-bond acceptors (Lipinski definition) is 3. The quantitative estimate of drug-likeness (QED) is 0.798. The Morgan fingerprint density at radius 3 is 2.70 bits per heavy atom. The summed E-state index contributed by atoms with van der Waals surface area (Å²) in [5.41, 5.74) is 2.05. The van der Waals surface area contributed by atoms with Crippen molar-refractivity contribution in [3.05, 3.63) is 46.7 Å². The fourth-order valence-corrected chi connectivity index (χ4v) is 2.23. The lowest BCUT2D eigenvalue weighted by molar-refractivity contribution is 0.308. The molecule has 0 aliphatic heterocycles. The van der Waals surface area contributed by atoms with Gasteiger partial charge in [0.05, 0.1) is 12.3 Å². The van der Waals surface area contributed by atoms with E-state index in [2.05, 4.69) is 10.4 Å². The third-order valence-corrected chi connectivity index (χ3v) is 3.55. The maximum absolute atomic E-state index is 6.17.